The zero-order valence-electron chi connectivity index (χ0n) is 15.2. The lowest BCUT2D eigenvalue weighted by Crippen LogP contribution is -2.34. The van der Waals surface area contributed by atoms with E-state index in [1.165, 1.54) is 12.8 Å². The van der Waals surface area contributed by atoms with Gasteiger partial charge in [0.25, 0.3) is 0 Å². The van der Waals surface area contributed by atoms with Crippen molar-refractivity contribution >= 4 is 11.8 Å². The summed E-state index contributed by atoms with van der Waals surface area (Å²) in [4.78, 5) is 11.4. The first-order valence-electron chi connectivity index (χ1n) is 8.72. The first-order valence-corrected chi connectivity index (χ1v) is 8.72. The number of hydrogen-bond acceptors (Lipinski definition) is 6. The number of nitrogens with one attached hydrogen (secondary N) is 1. The third-order valence-corrected chi connectivity index (χ3v) is 4.52. The van der Waals surface area contributed by atoms with Crippen LogP contribution in [0.4, 0.5) is 11.8 Å². The average molecular weight is 342 g/mol. The Hall–Kier alpha value is -2.50. The van der Waals surface area contributed by atoms with Crippen molar-refractivity contribution in [1.29, 1.82) is 0 Å². The third kappa shape index (κ3) is 4.32. The smallest absolute Gasteiger partial charge is 0.224 e. The van der Waals surface area contributed by atoms with E-state index in [0.29, 0.717) is 18.4 Å². The Morgan fingerprint density at radius 1 is 1.20 bits per heavy atom. The molecular weight excluding hydrogens is 316 g/mol. The number of aromatic nitrogens is 2. The standard InChI is InChI=1S/C19H26N4O2/c1-14-5-4-10-23(13-14)18-8-9-20-19(22-18)21-12-15-6-7-16(24-2)17(11-15)25-3/h6-9,11,14H,4-5,10,12-13H2,1-3H3,(H,20,21,22). The lowest BCUT2D eigenvalue weighted by atomic mass is 10.0. The van der Waals surface area contributed by atoms with Crippen molar-refractivity contribution in [2.24, 2.45) is 5.92 Å². The molecule has 1 aromatic carbocycles. The van der Waals surface area contributed by atoms with E-state index in [9.17, 15) is 0 Å². The summed E-state index contributed by atoms with van der Waals surface area (Å²) in [5.74, 6) is 3.80. The summed E-state index contributed by atoms with van der Waals surface area (Å²) in [7, 11) is 3.28. The van der Waals surface area contributed by atoms with Crippen LogP contribution in [0.2, 0.25) is 0 Å². The summed E-state index contributed by atoms with van der Waals surface area (Å²) in [6.45, 7) is 5.05. The zero-order chi connectivity index (χ0) is 17.6. The van der Waals surface area contributed by atoms with Crippen molar-refractivity contribution in [2.75, 3.05) is 37.5 Å². The minimum absolute atomic E-state index is 0.625. The van der Waals surface area contributed by atoms with E-state index in [-0.39, 0.29) is 0 Å². The summed E-state index contributed by atoms with van der Waals surface area (Å²) >= 11 is 0. The SMILES string of the molecule is COc1ccc(CNc2nccc(N3CCCC(C)C3)n2)cc1OC. The lowest BCUT2D eigenvalue weighted by molar-refractivity contribution is 0.354. The molecular formula is C19H26N4O2. The van der Waals surface area contributed by atoms with Gasteiger partial charge in [-0.05, 0) is 42.5 Å². The van der Waals surface area contributed by atoms with Gasteiger partial charge in [0.15, 0.2) is 11.5 Å². The van der Waals surface area contributed by atoms with Crippen LogP contribution in [-0.2, 0) is 6.54 Å². The molecule has 0 amide bonds. The predicted molar refractivity (Wildman–Crippen MR) is 99.5 cm³/mol. The van der Waals surface area contributed by atoms with Gasteiger partial charge in [0.05, 0.1) is 14.2 Å². The molecule has 0 spiro atoms. The van der Waals surface area contributed by atoms with Gasteiger partial charge >= 0.3 is 0 Å². The Bertz CT molecular complexity index is 708. The molecule has 1 fully saturated rings. The van der Waals surface area contributed by atoms with Crippen molar-refractivity contribution in [2.45, 2.75) is 26.3 Å². The molecule has 1 unspecified atom stereocenters. The molecule has 6 nitrogen and oxygen atoms in total. The van der Waals surface area contributed by atoms with Gasteiger partial charge in [-0.3, -0.25) is 0 Å². The molecule has 1 aliphatic rings. The molecule has 2 heterocycles. The van der Waals surface area contributed by atoms with Crippen LogP contribution in [0.5, 0.6) is 11.5 Å². The fourth-order valence-electron chi connectivity index (χ4n) is 3.18. The molecule has 25 heavy (non-hydrogen) atoms. The van der Waals surface area contributed by atoms with E-state index in [2.05, 4.69) is 27.1 Å². The highest BCUT2D eigenvalue weighted by molar-refractivity contribution is 5.45. The van der Waals surface area contributed by atoms with Gasteiger partial charge in [-0.15, -0.1) is 0 Å². The first kappa shape index (κ1) is 17.3. The number of methoxy groups -OCH3 is 2. The Morgan fingerprint density at radius 2 is 2.04 bits per heavy atom. The Balaban J connectivity index is 1.66. The van der Waals surface area contributed by atoms with Crippen molar-refractivity contribution in [3.05, 3.63) is 36.0 Å². The second-order valence-corrected chi connectivity index (χ2v) is 6.47. The number of rotatable bonds is 6. The molecule has 1 aromatic heterocycles. The van der Waals surface area contributed by atoms with E-state index in [1.54, 1.807) is 14.2 Å². The summed E-state index contributed by atoms with van der Waals surface area (Å²) in [5, 5.41) is 3.30. The third-order valence-electron chi connectivity index (χ3n) is 4.52. The van der Waals surface area contributed by atoms with E-state index in [1.807, 2.05) is 30.5 Å². The number of benzene rings is 1. The highest BCUT2D eigenvalue weighted by atomic mass is 16.5. The molecule has 134 valence electrons. The van der Waals surface area contributed by atoms with E-state index >= 15 is 0 Å². The van der Waals surface area contributed by atoms with E-state index < -0.39 is 0 Å². The molecule has 2 aromatic rings. The number of ether oxygens (including phenoxy) is 2. The van der Waals surface area contributed by atoms with Crippen LogP contribution >= 0.6 is 0 Å². The van der Waals surface area contributed by atoms with Gasteiger partial charge in [-0.25, -0.2) is 4.98 Å². The number of nitrogens with zero attached hydrogens (tertiary/aromatic N) is 3. The monoisotopic (exact) mass is 342 g/mol. The van der Waals surface area contributed by atoms with Crippen molar-refractivity contribution < 1.29 is 9.47 Å². The van der Waals surface area contributed by atoms with Gasteiger partial charge in [-0.2, -0.15) is 4.98 Å². The molecule has 0 aliphatic carbocycles. The molecule has 3 rings (SSSR count). The van der Waals surface area contributed by atoms with Gasteiger partial charge in [0.1, 0.15) is 5.82 Å². The maximum atomic E-state index is 5.35. The lowest BCUT2D eigenvalue weighted by Gasteiger charge is -2.31. The van der Waals surface area contributed by atoms with E-state index in [0.717, 1.165) is 36.0 Å². The highest BCUT2D eigenvalue weighted by Gasteiger charge is 2.17. The van der Waals surface area contributed by atoms with Crippen molar-refractivity contribution in [3.8, 4) is 11.5 Å². The molecule has 1 atom stereocenters. The normalized spacial score (nSPS) is 17.2. The van der Waals surface area contributed by atoms with E-state index in [4.69, 9.17) is 9.47 Å². The molecule has 0 radical (unpaired) electrons. The van der Waals surface area contributed by atoms with Gasteiger partial charge < -0.3 is 19.7 Å². The van der Waals surface area contributed by atoms with Crippen LogP contribution in [-0.4, -0.2) is 37.3 Å². The number of hydrogen-bond donors (Lipinski definition) is 1. The van der Waals surface area contributed by atoms with Gasteiger partial charge in [-0.1, -0.05) is 13.0 Å². The van der Waals surface area contributed by atoms with Crippen molar-refractivity contribution in [3.63, 3.8) is 0 Å². The van der Waals surface area contributed by atoms with Gasteiger partial charge in [0.2, 0.25) is 5.95 Å². The minimum Gasteiger partial charge on any atom is -0.493 e. The number of piperidine rings is 1. The Kier molecular flexibility index (Phi) is 5.58. The van der Waals surface area contributed by atoms with Crippen LogP contribution in [0.15, 0.2) is 30.5 Å². The Labute approximate surface area is 149 Å². The quantitative estimate of drug-likeness (QED) is 0.869. The summed E-state index contributed by atoms with van der Waals surface area (Å²) in [6.07, 6.45) is 4.34. The maximum absolute atomic E-state index is 5.35. The van der Waals surface area contributed by atoms with Crippen LogP contribution < -0.4 is 19.7 Å². The molecule has 1 N–H and O–H groups in total. The zero-order valence-corrected chi connectivity index (χ0v) is 15.2. The molecule has 0 bridgehead atoms. The first-order chi connectivity index (χ1) is 12.2. The molecule has 1 aliphatic heterocycles. The van der Waals surface area contributed by atoms with Crippen LogP contribution in [0.3, 0.4) is 0 Å². The fourth-order valence-corrected chi connectivity index (χ4v) is 3.18. The minimum atomic E-state index is 0.625. The van der Waals surface area contributed by atoms with Crippen LogP contribution in [0, 0.1) is 5.92 Å². The Morgan fingerprint density at radius 3 is 2.80 bits per heavy atom. The predicted octanol–water partition coefficient (Wildman–Crippen LogP) is 3.34. The van der Waals surface area contributed by atoms with Gasteiger partial charge in [0, 0.05) is 25.8 Å². The molecule has 1 saturated heterocycles. The van der Waals surface area contributed by atoms with Crippen LogP contribution in [0.1, 0.15) is 25.3 Å². The molecule has 0 saturated carbocycles. The highest BCUT2D eigenvalue weighted by Crippen LogP contribution is 2.28. The maximum Gasteiger partial charge on any atom is 0.224 e. The van der Waals surface area contributed by atoms with Crippen LogP contribution in [0.25, 0.3) is 0 Å². The topological polar surface area (TPSA) is 59.5 Å². The largest absolute Gasteiger partial charge is 0.493 e. The second kappa shape index (κ2) is 8.05. The van der Waals surface area contributed by atoms with Crippen molar-refractivity contribution in [1.82, 2.24) is 9.97 Å². The second-order valence-electron chi connectivity index (χ2n) is 6.47. The summed E-state index contributed by atoms with van der Waals surface area (Å²) < 4.78 is 10.6. The average Bonchev–Trinajstić information content (AvgIpc) is 2.66. The fraction of sp³-hybridized carbons (Fsp3) is 0.474. The summed E-state index contributed by atoms with van der Waals surface area (Å²) in [5.41, 5.74) is 1.08. The summed E-state index contributed by atoms with van der Waals surface area (Å²) in [6, 6.07) is 7.86. The number of anilines is 2. The molecule has 6 heteroatoms.